The highest BCUT2D eigenvalue weighted by Gasteiger charge is 2.01. The highest BCUT2D eigenvalue weighted by Crippen LogP contribution is 2.27. The van der Waals surface area contributed by atoms with Gasteiger partial charge in [0.2, 0.25) is 0 Å². The van der Waals surface area contributed by atoms with Crippen LogP contribution < -0.4 is 5.69 Å². The van der Waals surface area contributed by atoms with Gasteiger partial charge in [-0.2, -0.15) is 0 Å². The number of H-pyrrole nitrogens is 1. The molecular formula is C8H5BrN2OS. The lowest BCUT2D eigenvalue weighted by molar-refractivity contribution is 1.08. The average Bonchev–Trinajstić information content (AvgIpc) is 2.52. The summed E-state index contributed by atoms with van der Waals surface area (Å²) in [5, 5.41) is 1.97. The average molecular weight is 257 g/mol. The Morgan fingerprint density at radius 1 is 1.54 bits per heavy atom. The van der Waals surface area contributed by atoms with Gasteiger partial charge >= 0.3 is 5.69 Å². The first-order valence-electron chi connectivity index (χ1n) is 3.55. The fraction of sp³-hybridized carbons (Fsp3) is 0. The van der Waals surface area contributed by atoms with Gasteiger partial charge < -0.3 is 4.98 Å². The van der Waals surface area contributed by atoms with Crippen molar-refractivity contribution in [3.05, 3.63) is 38.7 Å². The van der Waals surface area contributed by atoms with E-state index in [0.29, 0.717) is 0 Å². The molecule has 0 aromatic carbocycles. The Morgan fingerprint density at radius 2 is 2.38 bits per heavy atom. The lowest BCUT2D eigenvalue weighted by Crippen LogP contribution is -2.08. The number of hydrogen-bond donors (Lipinski definition) is 1. The fourth-order valence-corrected chi connectivity index (χ4v) is 2.38. The number of aromatic amines is 1. The Morgan fingerprint density at radius 3 is 3.00 bits per heavy atom. The zero-order valence-electron chi connectivity index (χ0n) is 6.45. The summed E-state index contributed by atoms with van der Waals surface area (Å²) in [5.41, 5.74) is 0.484. The van der Waals surface area contributed by atoms with Gasteiger partial charge in [0.15, 0.2) is 0 Å². The first-order valence-corrected chi connectivity index (χ1v) is 5.23. The highest BCUT2D eigenvalue weighted by atomic mass is 79.9. The molecule has 1 N–H and O–H groups in total. The summed E-state index contributed by atoms with van der Waals surface area (Å²) in [6, 6.07) is 3.73. The zero-order valence-corrected chi connectivity index (χ0v) is 8.85. The van der Waals surface area contributed by atoms with Gasteiger partial charge in [-0.1, -0.05) is 0 Å². The minimum atomic E-state index is -0.318. The number of hydrogen-bond acceptors (Lipinski definition) is 3. The van der Waals surface area contributed by atoms with E-state index in [1.54, 1.807) is 17.4 Å². The van der Waals surface area contributed by atoms with E-state index < -0.39 is 0 Å². The Hall–Kier alpha value is -0.940. The van der Waals surface area contributed by atoms with Crippen LogP contribution in [0.3, 0.4) is 0 Å². The van der Waals surface area contributed by atoms with Crippen LogP contribution in [0.4, 0.5) is 0 Å². The predicted octanol–water partition coefficient (Wildman–Crippen LogP) is 2.26. The van der Waals surface area contributed by atoms with Gasteiger partial charge in [0, 0.05) is 16.0 Å². The van der Waals surface area contributed by atoms with E-state index in [2.05, 4.69) is 25.9 Å². The second-order valence-corrected chi connectivity index (χ2v) is 4.24. The summed E-state index contributed by atoms with van der Waals surface area (Å²) in [7, 11) is 0. The van der Waals surface area contributed by atoms with Crippen molar-refractivity contribution >= 4 is 27.3 Å². The number of aromatic nitrogens is 2. The first-order chi connectivity index (χ1) is 6.25. The molecule has 0 radical (unpaired) electrons. The van der Waals surface area contributed by atoms with Gasteiger partial charge in [-0.3, -0.25) is 0 Å². The first kappa shape index (κ1) is 8.65. The van der Waals surface area contributed by atoms with Crippen LogP contribution in [-0.2, 0) is 0 Å². The van der Waals surface area contributed by atoms with E-state index in [-0.39, 0.29) is 5.69 Å². The molecule has 0 saturated carbocycles. The standard InChI is InChI=1S/C8H5BrN2OS/c9-5-3-7(13-4-5)6-1-2-10-8(12)11-6/h1-4H,(H,10,11,12). The number of nitrogens with zero attached hydrogens (tertiary/aromatic N) is 1. The maximum atomic E-state index is 10.9. The lowest BCUT2D eigenvalue weighted by Gasteiger charge is -1.93. The molecule has 2 rings (SSSR count). The van der Waals surface area contributed by atoms with Crippen molar-refractivity contribution in [2.75, 3.05) is 0 Å². The summed E-state index contributed by atoms with van der Waals surface area (Å²) in [6.45, 7) is 0. The Kier molecular flexibility index (Phi) is 2.28. The Balaban J connectivity index is 2.52. The molecule has 0 unspecified atom stereocenters. The lowest BCUT2D eigenvalue weighted by atomic mass is 10.3. The third-order valence-corrected chi connectivity index (χ3v) is 3.23. The molecule has 0 bridgehead atoms. The predicted molar refractivity (Wildman–Crippen MR) is 55.9 cm³/mol. The maximum absolute atomic E-state index is 10.9. The minimum absolute atomic E-state index is 0.318. The molecule has 2 heterocycles. The maximum Gasteiger partial charge on any atom is 0.345 e. The minimum Gasteiger partial charge on any atom is -0.305 e. The van der Waals surface area contributed by atoms with E-state index >= 15 is 0 Å². The highest BCUT2D eigenvalue weighted by molar-refractivity contribution is 9.10. The van der Waals surface area contributed by atoms with Gasteiger partial charge in [0.05, 0.1) is 10.6 Å². The Bertz CT molecular complexity index is 477. The van der Waals surface area contributed by atoms with Crippen molar-refractivity contribution in [1.29, 1.82) is 0 Å². The molecule has 0 atom stereocenters. The second kappa shape index (κ2) is 3.43. The number of rotatable bonds is 1. The molecule has 0 aliphatic rings. The van der Waals surface area contributed by atoms with Crippen molar-refractivity contribution < 1.29 is 0 Å². The van der Waals surface area contributed by atoms with E-state index in [4.69, 9.17) is 0 Å². The van der Waals surface area contributed by atoms with Crippen LogP contribution >= 0.6 is 27.3 Å². The summed E-state index contributed by atoms with van der Waals surface area (Å²) in [4.78, 5) is 18.1. The van der Waals surface area contributed by atoms with Gasteiger partial charge in [-0.25, -0.2) is 9.78 Å². The molecule has 0 spiro atoms. The van der Waals surface area contributed by atoms with Crippen LogP contribution in [0.15, 0.2) is 33.0 Å². The number of nitrogens with one attached hydrogen (secondary N) is 1. The van der Waals surface area contributed by atoms with Crippen LogP contribution in [0, 0.1) is 0 Å². The third kappa shape index (κ3) is 1.87. The van der Waals surface area contributed by atoms with Gasteiger partial charge in [-0.15, -0.1) is 11.3 Å². The summed E-state index contributed by atoms with van der Waals surface area (Å²) in [6.07, 6.45) is 1.50. The van der Waals surface area contributed by atoms with Crippen LogP contribution in [0.1, 0.15) is 0 Å². The van der Waals surface area contributed by atoms with Gasteiger partial charge in [0.1, 0.15) is 0 Å². The molecule has 3 nitrogen and oxygen atoms in total. The smallest absolute Gasteiger partial charge is 0.305 e. The molecule has 0 saturated heterocycles. The summed E-state index contributed by atoms with van der Waals surface area (Å²) < 4.78 is 1.02. The SMILES string of the molecule is O=c1nccc(-c2cc(Br)cs2)[nH]1. The van der Waals surface area contributed by atoms with Gasteiger partial charge in [0.25, 0.3) is 0 Å². The van der Waals surface area contributed by atoms with Crippen molar-refractivity contribution in [3.8, 4) is 10.6 Å². The molecular weight excluding hydrogens is 252 g/mol. The van der Waals surface area contributed by atoms with Crippen LogP contribution in [0.2, 0.25) is 0 Å². The van der Waals surface area contributed by atoms with Crippen molar-refractivity contribution in [2.24, 2.45) is 0 Å². The van der Waals surface area contributed by atoms with E-state index in [9.17, 15) is 4.79 Å². The van der Waals surface area contributed by atoms with Crippen LogP contribution in [0.25, 0.3) is 10.6 Å². The van der Waals surface area contributed by atoms with Crippen molar-refractivity contribution in [3.63, 3.8) is 0 Å². The molecule has 0 fully saturated rings. The number of thiophene rings is 1. The molecule has 66 valence electrons. The largest absolute Gasteiger partial charge is 0.345 e. The molecule has 2 aromatic rings. The van der Waals surface area contributed by atoms with Crippen LogP contribution in [0.5, 0.6) is 0 Å². The van der Waals surface area contributed by atoms with E-state index in [1.807, 2.05) is 11.4 Å². The monoisotopic (exact) mass is 256 g/mol. The molecule has 13 heavy (non-hydrogen) atoms. The molecule has 5 heteroatoms. The van der Waals surface area contributed by atoms with E-state index in [0.717, 1.165) is 15.0 Å². The molecule has 0 aliphatic heterocycles. The summed E-state index contributed by atoms with van der Waals surface area (Å²) >= 11 is 4.92. The number of halogens is 1. The van der Waals surface area contributed by atoms with Gasteiger partial charge in [-0.05, 0) is 28.1 Å². The normalized spacial score (nSPS) is 10.2. The second-order valence-electron chi connectivity index (χ2n) is 2.42. The fourth-order valence-electron chi connectivity index (χ4n) is 0.967. The molecule has 0 amide bonds. The quantitative estimate of drug-likeness (QED) is 0.851. The van der Waals surface area contributed by atoms with Crippen molar-refractivity contribution in [2.45, 2.75) is 0 Å². The van der Waals surface area contributed by atoms with Crippen molar-refractivity contribution in [1.82, 2.24) is 9.97 Å². The summed E-state index contributed by atoms with van der Waals surface area (Å²) in [5.74, 6) is 0. The zero-order chi connectivity index (χ0) is 9.26. The Labute approximate surface area is 86.6 Å². The molecule has 0 aliphatic carbocycles. The third-order valence-electron chi connectivity index (χ3n) is 1.51. The topological polar surface area (TPSA) is 45.8 Å². The van der Waals surface area contributed by atoms with E-state index in [1.165, 1.54) is 6.20 Å². The van der Waals surface area contributed by atoms with Crippen LogP contribution in [-0.4, -0.2) is 9.97 Å². The molecule has 2 aromatic heterocycles.